The Balaban J connectivity index is 0.000000236. The van der Waals surface area contributed by atoms with Crippen LogP contribution >= 0.6 is 0 Å². The maximum Gasteiger partial charge on any atom is 0.0483 e. The molecule has 17 heavy (non-hydrogen) atoms. The molecule has 2 rings (SSSR count). The zero-order valence-corrected chi connectivity index (χ0v) is 12.4. The molecule has 2 aliphatic carbocycles. The molecule has 0 heterocycles. The molecule has 1 nitrogen and oxygen atoms in total. The lowest BCUT2D eigenvalue weighted by Crippen LogP contribution is -1.99. The molecular formula is C16H34O. The van der Waals surface area contributed by atoms with Gasteiger partial charge in [0, 0.05) is 6.10 Å². The van der Waals surface area contributed by atoms with Gasteiger partial charge in [-0.05, 0) is 19.8 Å². The summed E-state index contributed by atoms with van der Waals surface area (Å²) >= 11 is 0. The quantitative estimate of drug-likeness (QED) is 0.610. The summed E-state index contributed by atoms with van der Waals surface area (Å²) in [5, 5.41) is 8.06. The third kappa shape index (κ3) is 16.0. The van der Waals surface area contributed by atoms with Crippen LogP contribution in [0.15, 0.2) is 0 Å². The molecule has 0 aliphatic heterocycles. The maximum atomic E-state index is 8.06. The molecule has 2 saturated carbocycles. The molecule has 0 unspecified atom stereocenters. The van der Waals surface area contributed by atoms with Crippen molar-refractivity contribution in [2.24, 2.45) is 5.92 Å². The molecule has 0 aromatic carbocycles. The fraction of sp³-hybridized carbons (Fsp3) is 1.00. The van der Waals surface area contributed by atoms with Crippen molar-refractivity contribution in [1.29, 1.82) is 0 Å². The molecule has 0 bridgehead atoms. The highest BCUT2D eigenvalue weighted by molar-refractivity contribution is 4.59. The first-order valence-electron chi connectivity index (χ1n) is 7.81. The van der Waals surface area contributed by atoms with Gasteiger partial charge in [-0.2, -0.15) is 0 Å². The second-order valence-electron chi connectivity index (χ2n) is 5.96. The molecule has 1 heteroatoms. The molecule has 0 amide bonds. The van der Waals surface area contributed by atoms with Gasteiger partial charge in [-0.15, -0.1) is 0 Å². The standard InChI is InChI=1S/C7H14.C6H12.C3H8O/c1-7-5-3-2-4-6-7;1-2-4-6-5-3-1;1-3(2)4/h7H,2-6H2,1H3;1-6H2;3-4H,1-2H3. The van der Waals surface area contributed by atoms with Crippen molar-refractivity contribution in [2.75, 3.05) is 0 Å². The van der Waals surface area contributed by atoms with E-state index in [-0.39, 0.29) is 6.10 Å². The fourth-order valence-corrected chi connectivity index (χ4v) is 2.37. The summed E-state index contributed by atoms with van der Waals surface area (Å²) in [7, 11) is 0. The first kappa shape index (κ1) is 17.0. The van der Waals surface area contributed by atoms with Gasteiger partial charge >= 0.3 is 0 Å². The van der Waals surface area contributed by atoms with Crippen LogP contribution in [0.2, 0.25) is 0 Å². The van der Waals surface area contributed by atoms with E-state index < -0.39 is 0 Å². The molecule has 0 aromatic heterocycles. The van der Waals surface area contributed by atoms with Crippen LogP contribution in [0, 0.1) is 5.92 Å². The van der Waals surface area contributed by atoms with Crippen LogP contribution in [0.1, 0.15) is 91.4 Å². The number of aliphatic hydroxyl groups is 1. The average molecular weight is 242 g/mol. The molecule has 104 valence electrons. The Morgan fingerprint density at radius 3 is 1.12 bits per heavy atom. The summed E-state index contributed by atoms with van der Waals surface area (Å²) in [6, 6.07) is 0. The van der Waals surface area contributed by atoms with E-state index in [4.69, 9.17) is 5.11 Å². The maximum absolute atomic E-state index is 8.06. The Morgan fingerprint density at radius 2 is 0.941 bits per heavy atom. The molecule has 1 N–H and O–H groups in total. The second kappa shape index (κ2) is 12.4. The third-order valence-corrected chi connectivity index (χ3v) is 3.39. The van der Waals surface area contributed by atoms with Gasteiger partial charge in [0.1, 0.15) is 0 Å². The van der Waals surface area contributed by atoms with E-state index in [1.54, 1.807) is 13.8 Å². The third-order valence-electron chi connectivity index (χ3n) is 3.39. The van der Waals surface area contributed by atoms with E-state index in [9.17, 15) is 0 Å². The number of hydrogen-bond acceptors (Lipinski definition) is 1. The minimum Gasteiger partial charge on any atom is -0.394 e. The summed E-state index contributed by atoms with van der Waals surface area (Å²) in [6.07, 6.45) is 16.3. The van der Waals surface area contributed by atoms with Crippen molar-refractivity contribution < 1.29 is 5.11 Å². The van der Waals surface area contributed by atoms with E-state index in [2.05, 4.69) is 6.92 Å². The Kier molecular flexibility index (Phi) is 12.4. The molecule has 0 spiro atoms. The summed E-state index contributed by atoms with van der Waals surface area (Å²) in [5.74, 6) is 1.04. The van der Waals surface area contributed by atoms with Crippen LogP contribution < -0.4 is 0 Å². The Bertz CT molecular complexity index is 118. The van der Waals surface area contributed by atoms with Crippen LogP contribution in [0.5, 0.6) is 0 Å². The zero-order chi connectivity index (χ0) is 12.9. The zero-order valence-electron chi connectivity index (χ0n) is 12.4. The Morgan fingerprint density at radius 1 is 0.706 bits per heavy atom. The molecule has 0 saturated heterocycles. The van der Waals surface area contributed by atoms with Crippen molar-refractivity contribution in [1.82, 2.24) is 0 Å². The first-order chi connectivity index (χ1) is 8.13. The van der Waals surface area contributed by atoms with Gasteiger partial charge in [-0.3, -0.25) is 0 Å². The molecule has 2 aliphatic rings. The van der Waals surface area contributed by atoms with E-state index in [0.29, 0.717) is 0 Å². The van der Waals surface area contributed by atoms with E-state index in [1.165, 1.54) is 70.6 Å². The summed E-state index contributed by atoms with van der Waals surface area (Å²) < 4.78 is 0. The van der Waals surface area contributed by atoms with Gasteiger partial charge in [0.2, 0.25) is 0 Å². The van der Waals surface area contributed by atoms with Crippen molar-refractivity contribution >= 4 is 0 Å². The van der Waals surface area contributed by atoms with E-state index in [1.807, 2.05) is 0 Å². The predicted molar refractivity (Wildman–Crippen MR) is 77.3 cm³/mol. The smallest absolute Gasteiger partial charge is 0.0483 e. The predicted octanol–water partition coefficient (Wildman–Crippen LogP) is 5.31. The highest BCUT2D eigenvalue weighted by atomic mass is 16.3. The minimum absolute atomic E-state index is 0.167. The molecule has 0 radical (unpaired) electrons. The van der Waals surface area contributed by atoms with Crippen molar-refractivity contribution in [3.05, 3.63) is 0 Å². The SMILES string of the molecule is C1CCCCC1.CC(C)O.CC1CCCCC1. The monoisotopic (exact) mass is 242 g/mol. The van der Waals surface area contributed by atoms with Gasteiger partial charge in [0.25, 0.3) is 0 Å². The van der Waals surface area contributed by atoms with Crippen molar-refractivity contribution in [3.63, 3.8) is 0 Å². The molecular weight excluding hydrogens is 208 g/mol. The highest BCUT2D eigenvalue weighted by Crippen LogP contribution is 2.22. The van der Waals surface area contributed by atoms with Crippen LogP contribution in [-0.4, -0.2) is 11.2 Å². The number of aliphatic hydroxyl groups excluding tert-OH is 1. The van der Waals surface area contributed by atoms with Crippen molar-refractivity contribution in [3.8, 4) is 0 Å². The molecule has 2 fully saturated rings. The van der Waals surface area contributed by atoms with Crippen LogP contribution in [0.25, 0.3) is 0 Å². The second-order valence-corrected chi connectivity index (χ2v) is 5.96. The normalized spacial score (nSPS) is 21.0. The van der Waals surface area contributed by atoms with Gasteiger partial charge < -0.3 is 5.11 Å². The number of rotatable bonds is 0. The average Bonchev–Trinajstić information content (AvgIpc) is 2.32. The summed E-state index contributed by atoms with van der Waals surface area (Å²) in [5.41, 5.74) is 0. The Hall–Kier alpha value is -0.0400. The topological polar surface area (TPSA) is 20.2 Å². The lowest BCUT2D eigenvalue weighted by Gasteiger charge is -2.15. The van der Waals surface area contributed by atoms with Crippen LogP contribution in [0.3, 0.4) is 0 Å². The number of hydrogen-bond donors (Lipinski definition) is 1. The first-order valence-corrected chi connectivity index (χ1v) is 7.81. The lowest BCUT2D eigenvalue weighted by atomic mass is 9.91. The summed E-state index contributed by atoms with van der Waals surface area (Å²) in [4.78, 5) is 0. The Labute approximate surface area is 109 Å². The molecule has 0 atom stereocenters. The van der Waals surface area contributed by atoms with Gasteiger partial charge in [-0.1, -0.05) is 77.6 Å². The van der Waals surface area contributed by atoms with Gasteiger partial charge in [-0.25, -0.2) is 0 Å². The van der Waals surface area contributed by atoms with Crippen LogP contribution in [-0.2, 0) is 0 Å². The van der Waals surface area contributed by atoms with Gasteiger partial charge in [0.05, 0.1) is 0 Å². The van der Waals surface area contributed by atoms with E-state index in [0.717, 1.165) is 5.92 Å². The minimum atomic E-state index is -0.167. The fourth-order valence-electron chi connectivity index (χ4n) is 2.37. The molecule has 0 aromatic rings. The van der Waals surface area contributed by atoms with E-state index >= 15 is 0 Å². The lowest BCUT2D eigenvalue weighted by molar-refractivity contribution is 0.216. The summed E-state index contributed by atoms with van der Waals surface area (Å²) in [6.45, 7) is 5.80. The van der Waals surface area contributed by atoms with Crippen molar-refractivity contribution in [2.45, 2.75) is 97.5 Å². The largest absolute Gasteiger partial charge is 0.394 e. The van der Waals surface area contributed by atoms with Gasteiger partial charge in [0.15, 0.2) is 0 Å². The van der Waals surface area contributed by atoms with Crippen LogP contribution in [0.4, 0.5) is 0 Å². The highest BCUT2D eigenvalue weighted by Gasteiger charge is 2.05.